The molecule has 0 amide bonds. The third-order valence-corrected chi connectivity index (χ3v) is 2.90. The van der Waals surface area contributed by atoms with Crippen LogP contribution < -0.4 is 5.73 Å². The first-order valence-electron chi connectivity index (χ1n) is 5.64. The molecule has 18 heavy (non-hydrogen) atoms. The predicted octanol–water partition coefficient (Wildman–Crippen LogP) is 2.06. The highest BCUT2D eigenvalue weighted by atomic mass is 15.2. The first kappa shape index (κ1) is 10.6. The van der Waals surface area contributed by atoms with Gasteiger partial charge < -0.3 is 10.3 Å². The van der Waals surface area contributed by atoms with Crippen molar-refractivity contribution in [1.82, 2.24) is 19.7 Å². The minimum absolute atomic E-state index is 0.485. The summed E-state index contributed by atoms with van der Waals surface area (Å²) in [6.45, 7) is 0. The van der Waals surface area contributed by atoms with Crippen LogP contribution in [0, 0.1) is 0 Å². The molecule has 0 saturated heterocycles. The van der Waals surface area contributed by atoms with Gasteiger partial charge in [0, 0.05) is 19.4 Å². The van der Waals surface area contributed by atoms with Gasteiger partial charge in [-0.2, -0.15) is 5.10 Å². The molecule has 90 valence electrons. The zero-order valence-corrected chi connectivity index (χ0v) is 9.96. The van der Waals surface area contributed by atoms with Crippen LogP contribution in [0.1, 0.15) is 0 Å². The highest BCUT2D eigenvalue weighted by Gasteiger charge is 2.17. The summed E-state index contributed by atoms with van der Waals surface area (Å²) in [4.78, 5) is 4.32. The molecule has 0 radical (unpaired) electrons. The van der Waals surface area contributed by atoms with Gasteiger partial charge >= 0.3 is 0 Å². The Hall–Kier alpha value is -2.56. The van der Waals surface area contributed by atoms with Gasteiger partial charge in [-0.3, -0.25) is 5.10 Å². The van der Waals surface area contributed by atoms with Crippen molar-refractivity contribution in [3.8, 4) is 22.6 Å². The van der Waals surface area contributed by atoms with Crippen LogP contribution >= 0.6 is 0 Å². The van der Waals surface area contributed by atoms with Gasteiger partial charge in [0.2, 0.25) is 0 Å². The Kier molecular flexibility index (Phi) is 2.37. The lowest BCUT2D eigenvalue weighted by Gasteiger charge is -2.04. The van der Waals surface area contributed by atoms with E-state index in [1.165, 1.54) is 0 Å². The number of aromatic amines is 1. The number of imidazole rings is 1. The Balaban J connectivity index is 2.22. The van der Waals surface area contributed by atoms with Crippen LogP contribution in [-0.2, 0) is 7.05 Å². The van der Waals surface area contributed by atoms with Crippen LogP contribution in [0.5, 0.6) is 0 Å². The Bertz CT molecular complexity index is 666. The fourth-order valence-electron chi connectivity index (χ4n) is 2.02. The SMILES string of the molecule is Cn1ccnc1-c1[nH]nc(N)c1-c1ccccc1. The van der Waals surface area contributed by atoms with Crippen molar-refractivity contribution in [3.05, 3.63) is 42.7 Å². The summed E-state index contributed by atoms with van der Waals surface area (Å²) in [5, 5.41) is 7.05. The number of nitrogens with one attached hydrogen (secondary N) is 1. The topological polar surface area (TPSA) is 72.5 Å². The first-order valence-corrected chi connectivity index (χ1v) is 5.64. The molecule has 2 heterocycles. The van der Waals surface area contributed by atoms with Crippen LogP contribution in [0.15, 0.2) is 42.7 Å². The number of nitrogens with zero attached hydrogens (tertiary/aromatic N) is 3. The van der Waals surface area contributed by atoms with Crippen LogP contribution in [0.4, 0.5) is 5.82 Å². The molecule has 1 aromatic carbocycles. The highest BCUT2D eigenvalue weighted by Crippen LogP contribution is 2.33. The van der Waals surface area contributed by atoms with Gasteiger partial charge in [0.05, 0.1) is 5.56 Å². The van der Waals surface area contributed by atoms with Gasteiger partial charge in [0.25, 0.3) is 0 Å². The molecule has 0 aliphatic carbocycles. The summed E-state index contributed by atoms with van der Waals surface area (Å²) in [5.41, 5.74) is 8.71. The number of benzene rings is 1. The normalized spacial score (nSPS) is 10.7. The summed E-state index contributed by atoms with van der Waals surface area (Å²) in [6, 6.07) is 9.94. The van der Waals surface area contributed by atoms with Crippen molar-refractivity contribution in [2.45, 2.75) is 0 Å². The lowest BCUT2D eigenvalue weighted by atomic mass is 10.1. The number of nitrogens with two attached hydrogens (primary N) is 1. The maximum atomic E-state index is 5.95. The quantitative estimate of drug-likeness (QED) is 0.719. The smallest absolute Gasteiger partial charge is 0.158 e. The van der Waals surface area contributed by atoms with E-state index in [2.05, 4.69) is 15.2 Å². The molecule has 5 heteroatoms. The van der Waals surface area contributed by atoms with Crippen molar-refractivity contribution in [3.63, 3.8) is 0 Å². The third kappa shape index (κ3) is 1.57. The molecular weight excluding hydrogens is 226 g/mol. The summed E-state index contributed by atoms with van der Waals surface area (Å²) in [5.74, 6) is 1.30. The van der Waals surface area contributed by atoms with Crippen LogP contribution in [-0.4, -0.2) is 19.7 Å². The summed E-state index contributed by atoms with van der Waals surface area (Å²) >= 11 is 0. The Morgan fingerprint density at radius 2 is 2.00 bits per heavy atom. The van der Waals surface area contributed by atoms with Crippen molar-refractivity contribution in [2.24, 2.45) is 7.05 Å². The molecule has 0 unspecified atom stereocenters. The van der Waals surface area contributed by atoms with E-state index in [9.17, 15) is 0 Å². The van der Waals surface area contributed by atoms with Gasteiger partial charge in [-0.05, 0) is 5.56 Å². The highest BCUT2D eigenvalue weighted by molar-refractivity contribution is 5.85. The van der Waals surface area contributed by atoms with E-state index in [4.69, 9.17) is 5.73 Å². The molecule has 3 N–H and O–H groups in total. The van der Waals surface area contributed by atoms with Crippen molar-refractivity contribution >= 4 is 5.82 Å². The number of aryl methyl sites for hydroxylation is 1. The molecule has 3 aromatic rings. The predicted molar refractivity (Wildman–Crippen MR) is 70.6 cm³/mol. The number of hydrogen-bond acceptors (Lipinski definition) is 3. The zero-order valence-electron chi connectivity index (χ0n) is 9.96. The number of hydrogen-bond donors (Lipinski definition) is 2. The van der Waals surface area contributed by atoms with Gasteiger partial charge in [-0.15, -0.1) is 0 Å². The maximum Gasteiger partial charge on any atom is 0.158 e. The lowest BCUT2D eigenvalue weighted by Crippen LogP contribution is -1.94. The maximum absolute atomic E-state index is 5.95. The number of anilines is 1. The molecule has 0 saturated carbocycles. The average molecular weight is 239 g/mol. The average Bonchev–Trinajstić information content (AvgIpc) is 2.96. The van der Waals surface area contributed by atoms with E-state index >= 15 is 0 Å². The number of rotatable bonds is 2. The molecule has 0 aliphatic rings. The molecule has 0 aliphatic heterocycles. The molecule has 3 rings (SSSR count). The Morgan fingerprint density at radius 1 is 1.22 bits per heavy atom. The Labute approximate surface area is 104 Å². The van der Waals surface area contributed by atoms with Crippen molar-refractivity contribution in [2.75, 3.05) is 5.73 Å². The molecule has 0 spiro atoms. The van der Waals surface area contributed by atoms with Gasteiger partial charge in [-0.25, -0.2) is 4.98 Å². The summed E-state index contributed by atoms with van der Waals surface area (Å²) in [7, 11) is 1.94. The number of aromatic nitrogens is 4. The monoisotopic (exact) mass is 239 g/mol. The van der Waals surface area contributed by atoms with Crippen molar-refractivity contribution in [1.29, 1.82) is 0 Å². The van der Waals surface area contributed by atoms with E-state index in [1.54, 1.807) is 6.20 Å². The van der Waals surface area contributed by atoms with E-state index in [-0.39, 0.29) is 0 Å². The second-order valence-electron chi connectivity index (χ2n) is 4.09. The third-order valence-electron chi connectivity index (χ3n) is 2.90. The van der Waals surface area contributed by atoms with Gasteiger partial charge in [0.15, 0.2) is 11.6 Å². The van der Waals surface area contributed by atoms with Crippen molar-refractivity contribution < 1.29 is 0 Å². The fourth-order valence-corrected chi connectivity index (χ4v) is 2.02. The first-order chi connectivity index (χ1) is 8.77. The molecule has 0 fully saturated rings. The summed E-state index contributed by atoms with van der Waals surface area (Å²) in [6.07, 6.45) is 3.64. The van der Waals surface area contributed by atoms with E-state index < -0.39 is 0 Å². The lowest BCUT2D eigenvalue weighted by molar-refractivity contribution is 0.914. The van der Waals surface area contributed by atoms with E-state index in [0.717, 1.165) is 22.6 Å². The second kappa shape index (κ2) is 4.03. The molecule has 0 bridgehead atoms. The van der Waals surface area contributed by atoms with E-state index in [0.29, 0.717) is 5.82 Å². The Morgan fingerprint density at radius 3 is 2.67 bits per heavy atom. The fraction of sp³-hybridized carbons (Fsp3) is 0.0769. The number of nitrogen functional groups attached to an aromatic ring is 1. The van der Waals surface area contributed by atoms with Gasteiger partial charge in [-0.1, -0.05) is 30.3 Å². The van der Waals surface area contributed by atoms with Gasteiger partial charge in [0.1, 0.15) is 5.69 Å². The molecule has 5 nitrogen and oxygen atoms in total. The standard InChI is InChI=1S/C13H13N5/c1-18-8-7-15-13(18)11-10(12(14)17-16-11)9-5-3-2-4-6-9/h2-8H,1H3,(H3,14,16,17). The number of H-pyrrole nitrogens is 1. The van der Waals surface area contributed by atoms with Crippen LogP contribution in [0.3, 0.4) is 0 Å². The summed E-state index contributed by atoms with van der Waals surface area (Å²) < 4.78 is 1.93. The van der Waals surface area contributed by atoms with E-state index in [1.807, 2.05) is 48.1 Å². The zero-order chi connectivity index (χ0) is 12.5. The van der Waals surface area contributed by atoms with Crippen LogP contribution in [0.2, 0.25) is 0 Å². The minimum atomic E-state index is 0.485. The van der Waals surface area contributed by atoms with Crippen LogP contribution in [0.25, 0.3) is 22.6 Å². The molecule has 0 atom stereocenters. The molecular formula is C13H13N5. The largest absolute Gasteiger partial charge is 0.382 e. The second-order valence-corrected chi connectivity index (χ2v) is 4.09. The molecule has 2 aromatic heterocycles. The minimum Gasteiger partial charge on any atom is -0.382 e.